The molecule has 0 aromatic heterocycles. The predicted molar refractivity (Wildman–Crippen MR) is 127 cm³/mol. The number of sulfonamides is 1. The van der Waals surface area contributed by atoms with Gasteiger partial charge in [0, 0.05) is 26.4 Å². The highest BCUT2D eigenvalue weighted by Crippen LogP contribution is 2.33. The first-order valence-electron chi connectivity index (χ1n) is 11.1. The highest BCUT2D eigenvalue weighted by atomic mass is 32.2. The van der Waals surface area contributed by atoms with E-state index in [1.54, 1.807) is 0 Å². The molecule has 1 aliphatic heterocycles. The van der Waals surface area contributed by atoms with Crippen molar-refractivity contribution in [1.82, 2.24) is 14.5 Å². The Balaban J connectivity index is 2.45. The van der Waals surface area contributed by atoms with Crippen LogP contribution in [0, 0.1) is 5.82 Å². The van der Waals surface area contributed by atoms with E-state index in [2.05, 4.69) is 22.0 Å². The van der Waals surface area contributed by atoms with E-state index in [1.165, 1.54) is 13.8 Å². The van der Waals surface area contributed by atoms with E-state index >= 15 is 0 Å². The molecule has 1 amide bonds. The van der Waals surface area contributed by atoms with Crippen molar-refractivity contribution in [3.05, 3.63) is 42.0 Å². The fraction of sp³-hybridized carbons (Fsp3) is 0.500. The van der Waals surface area contributed by atoms with Crippen LogP contribution in [0.1, 0.15) is 26.7 Å². The zero-order chi connectivity index (χ0) is 28.1. The summed E-state index contributed by atoms with van der Waals surface area (Å²) in [4.78, 5) is 20.2. The topological polar surface area (TPSA) is 115 Å². The third-order valence-corrected chi connectivity index (χ3v) is 7.70. The first-order valence-corrected chi connectivity index (χ1v) is 12.5. The van der Waals surface area contributed by atoms with Gasteiger partial charge in [-0.05, 0) is 44.8 Å². The van der Waals surface area contributed by atoms with Gasteiger partial charge in [-0.2, -0.15) is 17.5 Å². The fourth-order valence-corrected chi connectivity index (χ4v) is 5.70. The summed E-state index contributed by atoms with van der Waals surface area (Å²) in [6, 6.07) is 0.738. The van der Waals surface area contributed by atoms with Crippen LogP contribution in [0.25, 0.3) is 0 Å². The van der Waals surface area contributed by atoms with E-state index in [9.17, 15) is 40.3 Å². The quantitative estimate of drug-likeness (QED) is 0.160. The average Bonchev–Trinajstić information content (AvgIpc) is 3.11. The number of nitrogens with zero attached hydrogens (tertiary/aromatic N) is 4. The number of aliphatic hydroxyl groups is 1. The van der Waals surface area contributed by atoms with E-state index < -0.39 is 81.7 Å². The standard InChI is InChI=1S/C22H28F5N5O4S/c1-5-29-21(22(25,26)27)31(4)19(10-15(33)12-28-3)30-20(34)18-11-17(24)13(2)32(18)37(35,36)16-8-6-14(23)7-9-16/h6-9,12-13,17-19,33H,3,5,10-11H2,1-2,4H3,(H,30,34)/b15-12+,29-21?/t13-,17+,18-,19?/m0/s1. The Morgan fingerprint density at radius 3 is 2.46 bits per heavy atom. The molecule has 1 heterocycles. The van der Waals surface area contributed by atoms with Crippen LogP contribution in [0.4, 0.5) is 22.0 Å². The van der Waals surface area contributed by atoms with E-state index in [0.29, 0.717) is 9.21 Å². The monoisotopic (exact) mass is 553 g/mol. The minimum atomic E-state index is -4.92. The van der Waals surface area contributed by atoms with Crippen LogP contribution in [0.3, 0.4) is 0 Å². The van der Waals surface area contributed by atoms with Gasteiger partial charge in [0.05, 0.1) is 17.1 Å². The number of carbonyl (C=O) groups is 1. The lowest BCUT2D eigenvalue weighted by molar-refractivity contribution is -0.126. The van der Waals surface area contributed by atoms with Crippen LogP contribution in [0.15, 0.2) is 51.1 Å². The number of aliphatic imine (C=N–C) groups is 2. The maximum absolute atomic E-state index is 14.7. The molecule has 15 heteroatoms. The molecule has 206 valence electrons. The number of carbonyl (C=O) groups excluding carboxylic acids is 1. The summed E-state index contributed by atoms with van der Waals surface area (Å²) in [6.45, 7) is 5.50. The minimum absolute atomic E-state index is 0.247. The largest absolute Gasteiger partial charge is 0.511 e. The number of nitrogens with one attached hydrogen (secondary N) is 1. The molecular weight excluding hydrogens is 525 g/mol. The van der Waals surface area contributed by atoms with Gasteiger partial charge >= 0.3 is 6.18 Å². The minimum Gasteiger partial charge on any atom is -0.511 e. The van der Waals surface area contributed by atoms with Crippen molar-refractivity contribution >= 4 is 28.5 Å². The van der Waals surface area contributed by atoms with Gasteiger partial charge in [0.25, 0.3) is 0 Å². The molecule has 9 nitrogen and oxygen atoms in total. The summed E-state index contributed by atoms with van der Waals surface area (Å²) in [7, 11) is -3.53. The zero-order valence-electron chi connectivity index (χ0n) is 20.3. The lowest BCUT2D eigenvalue weighted by atomic mass is 10.1. The molecule has 0 aliphatic carbocycles. The Kier molecular flexibility index (Phi) is 9.77. The van der Waals surface area contributed by atoms with E-state index in [-0.39, 0.29) is 6.54 Å². The molecular formula is C22H28F5N5O4S. The molecule has 0 saturated carbocycles. The van der Waals surface area contributed by atoms with Crippen LogP contribution >= 0.6 is 0 Å². The van der Waals surface area contributed by atoms with Gasteiger partial charge in [-0.3, -0.25) is 14.8 Å². The normalized spacial score (nSPS) is 22.5. The molecule has 1 unspecified atom stereocenters. The van der Waals surface area contributed by atoms with Gasteiger partial charge in [-0.1, -0.05) is 0 Å². The first kappa shape index (κ1) is 30.2. The highest BCUT2D eigenvalue weighted by Gasteiger charge is 2.50. The second-order valence-electron chi connectivity index (χ2n) is 8.24. The van der Waals surface area contributed by atoms with Gasteiger partial charge in [-0.15, -0.1) is 0 Å². The second-order valence-corrected chi connectivity index (χ2v) is 10.1. The van der Waals surface area contributed by atoms with Crippen molar-refractivity contribution in [1.29, 1.82) is 0 Å². The van der Waals surface area contributed by atoms with Crippen molar-refractivity contribution < 1.29 is 40.3 Å². The number of amides is 1. The molecule has 1 fully saturated rings. The Bertz CT molecular complexity index is 1140. The van der Waals surface area contributed by atoms with Crippen molar-refractivity contribution in [3.63, 3.8) is 0 Å². The third-order valence-electron chi connectivity index (χ3n) is 5.69. The van der Waals surface area contributed by atoms with Gasteiger partial charge < -0.3 is 15.3 Å². The zero-order valence-corrected chi connectivity index (χ0v) is 21.1. The van der Waals surface area contributed by atoms with Gasteiger partial charge in [0.15, 0.2) is 0 Å². The summed E-state index contributed by atoms with van der Waals surface area (Å²) >= 11 is 0. The molecule has 1 aromatic carbocycles. The number of rotatable bonds is 9. The number of benzene rings is 1. The summed E-state index contributed by atoms with van der Waals surface area (Å²) in [5.41, 5.74) is 0. The molecule has 2 N–H and O–H groups in total. The number of aliphatic hydroxyl groups excluding tert-OH is 1. The van der Waals surface area contributed by atoms with E-state index in [0.717, 1.165) is 37.5 Å². The average molecular weight is 554 g/mol. The summed E-state index contributed by atoms with van der Waals surface area (Å²) in [6.07, 6.45) is -8.58. The van der Waals surface area contributed by atoms with Crippen LogP contribution < -0.4 is 5.32 Å². The second kappa shape index (κ2) is 12.0. The molecule has 0 bridgehead atoms. The lowest BCUT2D eigenvalue weighted by Crippen LogP contribution is -2.57. The number of hydrogen-bond acceptors (Lipinski definition) is 6. The molecule has 37 heavy (non-hydrogen) atoms. The fourth-order valence-electron chi connectivity index (χ4n) is 3.89. The van der Waals surface area contributed by atoms with Gasteiger partial charge in [-0.25, -0.2) is 17.2 Å². The first-order chi connectivity index (χ1) is 17.1. The van der Waals surface area contributed by atoms with Crippen LogP contribution in [0.5, 0.6) is 0 Å². The van der Waals surface area contributed by atoms with Crippen molar-refractivity contribution in [2.45, 2.75) is 62.2 Å². The van der Waals surface area contributed by atoms with Crippen molar-refractivity contribution in [2.24, 2.45) is 9.98 Å². The Morgan fingerprint density at radius 1 is 1.35 bits per heavy atom. The molecule has 1 saturated heterocycles. The smallest absolute Gasteiger partial charge is 0.449 e. The van der Waals surface area contributed by atoms with E-state index in [1.807, 2.05) is 0 Å². The molecule has 2 rings (SSSR count). The Labute approximate surface area is 211 Å². The van der Waals surface area contributed by atoms with Crippen LogP contribution in [-0.2, 0) is 14.8 Å². The number of alkyl halides is 4. The Hall–Kier alpha value is -3.07. The molecule has 0 spiro atoms. The molecule has 0 radical (unpaired) electrons. The third kappa shape index (κ3) is 7.03. The van der Waals surface area contributed by atoms with Crippen LogP contribution in [0.2, 0.25) is 0 Å². The van der Waals surface area contributed by atoms with Gasteiger partial charge in [0.2, 0.25) is 21.8 Å². The van der Waals surface area contributed by atoms with Crippen molar-refractivity contribution in [3.8, 4) is 0 Å². The molecule has 1 aromatic rings. The van der Waals surface area contributed by atoms with Crippen LogP contribution in [-0.4, -0.2) is 85.4 Å². The maximum Gasteiger partial charge on any atom is 0.449 e. The van der Waals surface area contributed by atoms with Gasteiger partial charge in [0.1, 0.15) is 30.0 Å². The molecule has 1 aliphatic rings. The molecule has 4 atom stereocenters. The summed E-state index contributed by atoms with van der Waals surface area (Å²) < 4.78 is 96.0. The summed E-state index contributed by atoms with van der Waals surface area (Å²) in [5.74, 6) is -3.72. The van der Waals surface area contributed by atoms with Crippen molar-refractivity contribution in [2.75, 3.05) is 13.6 Å². The maximum atomic E-state index is 14.7. The van der Waals surface area contributed by atoms with E-state index in [4.69, 9.17) is 0 Å². The highest BCUT2D eigenvalue weighted by molar-refractivity contribution is 7.89. The summed E-state index contributed by atoms with van der Waals surface area (Å²) in [5, 5.41) is 12.3. The SMILES string of the molecule is C=N/C=C(/O)CC(NC(=O)[C@@H]1C[C@@H](F)[C@H](C)N1S(=O)(=O)c1ccc(F)cc1)N(C)C(=NCC)C(F)(F)F. The lowest BCUT2D eigenvalue weighted by Gasteiger charge is -2.34. The number of amidine groups is 1. The Morgan fingerprint density at radius 2 is 1.95 bits per heavy atom. The number of hydrogen-bond donors (Lipinski definition) is 2. The predicted octanol–water partition coefficient (Wildman–Crippen LogP) is 3.16. The number of halogens is 5.